The van der Waals surface area contributed by atoms with E-state index in [1.165, 1.54) is 0 Å². The lowest BCUT2D eigenvalue weighted by molar-refractivity contribution is -0.140. The van der Waals surface area contributed by atoms with Gasteiger partial charge < -0.3 is 9.80 Å². The molecule has 1 spiro atoms. The number of halogens is 1. The molecule has 1 saturated carbocycles. The summed E-state index contributed by atoms with van der Waals surface area (Å²) in [6, 6.07) is 6.73. The number of hydrogen-bond donors (Lipinski definition) is 0. The molecule has 0 radical (unpaired) electrons. The maximum atomic E-state index is 13.0. The van der Waals surface area contributed by atoms with E-state index < -0.39 is 5.54 Å². The van der Waals surface area contributed by atoms with Crippen LogP contribution in [0.4, 0.5) is 4.79 Å². The van der Waals surface area contributed by atoms with E-state index in [2.05, 4.69) is 0 Å². The van der Waals surface area contributed by atoms with Gasteiger partial charge in [-0.1, -0.05) is 43.0 Å². The van der Waals surface area contributed by atoms with Gasteiger partial charge in [-0.3, -0.25) is 14.5 Å². The Labute approximate surface area is 165 Å². The Morgan fingerprint density at radius 1 is 1.19 bits per heavy atom. The first-order valence-corrected chi connectivity index (χ1v) is 9.76. The summed E-state index contributed by atoms with van der Waals surface area (Å²) in [5, 5.41) is 0.633. The van der Waals surface area contributed by atoms with Crippen molar-refractivity contribution in [2.24, 2.45) is 0 Å². The minimum absolute atomic E-state index is 0.191. The molecule has 1 aromatic rings. The van der Waals surface area contributed by atoms with Crippen LogP contribution in [-0.4, -0.2) is 58.7 Å². The molecule has 1 atom stereocenters. The van der Waals surface area contributed by atoms with Crippen molar-refractivity contribution in [2.45, 2.75) is 50.6 Å². The zero-order valence-corrected chi connectivity index (χ0v) is 16.8. The van der Waals surface area contributed by atoms with Gasteiger partial charge in [0.2, 0.25) is 5.91 Å². The van der Waals surface area contributed by atoms with Crippen LogP contribution in [0.2, 0.25) is 5.02 Å². The molecule has 6 nitrogen and oxygen atoms in total. The summed E-state index contributed by atoms with van der Waals surface area (Å²) in [5.74, 6) is -0.490. The van der Waals surface area contributed by atoms with Crippen molar-refractivity contribution >= 4 is 29.4 Å². The SMILES string of the molecule is CC(c1ccc(Cl)cc1)N(C)C(=O)CN1C(=O)N(C)C2(CCCCC2)C1=O. The highest BCUT2D eigenvalue weighted by Crippen LogP contribution is 2.39. The van der Waals surface area contributed by atoms with Crippen molar-refractivity contribution in [2.75, 3.05) is 20.6 Å². The summed E-state index contributed by atoms with van der Waals surface area (Å²) >= 11 is 5.92. The predicted octanol–water partition coefficient (Wildman–Crippen LogP) is 3.46. The first kappa shape index (κ1) is 19.7. The van der Waals surface area contributed by atoms with Crippen LogP contribution in [0.3, 0.4) is 0 Å². The van der Waals surface area contributed by atoms with Crippen molar-refractivity contribution < 1.29 is 14.4 Å². The lowest BCUT2D eigenvalue weighted by Gasteiger charge is -2.35. The Hall–Kier alpha value is -2.08. The fourth-order valence-electron chi connectivity index (χ4n) is 4.10. The van der Waals surface area contributed by atoms with Crippen LogP contribution in [0.5, 0.6) is 0 Å². The maximum absolute atomic E-state index is 13.0. The van der Waals surface area contributed by atoms with E-state index in [0.717, 1.165) is 29.7 Å². The molecule has 1 aliphatic heterocycles. The molecule has 1 heterocycles. The minimum atomic E-state index is -0.754. The summed E-state index contributed by atoms with van der Waals surface area (Å²) in [4.78, 5) is 42.7. The van der Waals surface area contributed by atoms with Gasteiger partial charge in [-0.25, -0.2) is 4.79 Å². The van der Waals surface area contributed by atoms with E-state index in [1.54, 1.807) is 36.0 Å². The molecule has 4 amide bonds. The highest BCUT2D eigenvalue weighted by Gasteiger charge is 2.55. The molecule has 146 valence electrons. The molecule has 7 heteroatoms. The molecule has 2 aliphatic rings. The Bertz CT molecular complexity index is 743. The quantitative estimate of drug-likeness (QED) is 0.738. The number of hydrogen-bond acceptors (Lipinski definition) is 3. The first-order valence-electron chi connectivity index (χ1n) is 9.39. The van der Waals surface area contributed by atoms with E-state index in [9.17, 15) is 14.4 Å². The van der Waals surface area contributed by atoms with Gasteiger partial charge in [0.15, 0.2) is 0 Å². The molecule has 1 unspecified atom stereocenters. The lowest BCUT2D eigenvalue weighted by Crippen LogP contribution is -2.49. The van der Waals surface area contributed by atoms with Crippen molar-refractivity contribution in [1.29, 1.82) is 0 Å². The smallest absolute Gasteiger partial charge is 0.327 e. The van der Waals surface area contributed by atoms with Crippen molar-refractivity contribution in [3.8, 4) is 0 Å². The summed E-state index contributed by atoms with van der Waals surface area (Å²) in [5.41, 5.74) is 0.186. The van der Waals surface area contributed by atoms with Gasteiger partial charge in [0.1, 0.15) is 12.1 Å². The molecule has 1 aliphatic carbocycles. The molecular weight excluding hydrogens is 366 g/mol. The van der Waals surface area contributed by atoms with E-state index in [0.29, 0.717) is 17.9 Å². The van der Waals surface area contributed by atoms with Gasteiger partial charge in [-0.15, -0.1) is 0 Å². The number of urea groups is 1. The zero-order chi connectivity index (χ0) is 19.8. The number of rotatable bonds is 4. The van der Waals surface area contributed by atoms with Crippen LogP contribution in [0.25, 0.3) is 0 Å². The summed E-state index contributed by atoms with van der Waals surface area (Å²) in [6.45, 7) is 1.68. The number of carbonyl (C=O) groups excluding carboxylic acids is 3. The standard InChI is InChI=1S/C20H26ClN3O3/c1-14(15-7-9-16(21)10-8-15)22(2)17(25)13-24-18(26)20(23(3)19(24)27)11-5-4-6-12-20/h7-10,14H,4-6,11-13H2,1-3H3. The molecule has 2 fully saturated rings. The number of amides is 4. The molecule has 3 rings (SSSR count). The van der Waals surface area contributed by atoms with Gasteiger partial charge in [0.25, 0.3) is 5.91 Å². The highest BCUT2D eigenvalue weighted by atomic mass is 35.5. The van der Waals surface area contributed by atoms with Crippen LogP contribution in [0.1, 0.15) is 50.6 Å². The summed E-state index contributed by atoms with van der Waals surface area (Å²) < 4.78 is 0. The maximum Gasteiger partial charge on any atom is 0.327 e. The van der Waals surface area contributed by atoms with E-state index >= 15 is 0 Å². The van der Waals surface area contributed by atoms with E-state index in [-0.39, 0.29) is 30.4 Å². The van der Waals surface area contributed by atoms with Gasteiger partial charge in [0, 0.05) is 19.1 Å². The van der Waals surface area contributed by atoms with Crippen LogP contribution < -0.4 is 0 Å². The Morgan fingerprint density at radius 2 is 1.78 bits per heavy atom. The van der Waals surface area contributed by atoms with Crippen LogP contribution >= 0.6 is 11.6 Å². The highest BCUT2D eigenvalue weighted by molar-refractivity contribution is 6.30. The predicted molar refractivity (Wildman–Crippen MR) is 103 cm³/mol. The first-order chi connectivity index (χ1) is 12.8. The molecule has 0 aromatic heterocycles. The third-order valence-electron chi connectivity index (χ3n) is 6.10. The second kappa shape index (κ2) is 7.50. The van der Waals surface area contributed by atoms with E-state index in [4.69, 9.17) is 11.6 Å². The third kappa shape index (κ3) is 3.43. The number of benzene rings is 1. The molecule has 1 aromatic carbocycles. The van der Waals surface area contributed by atoms with Gasteiger partial charge in [-0.2, -0.15) is 0 Å². The average molecular weight is 392 g/mol. The summed E-state index contributed by atoms with van der Waals surface area (Å²) in [6.07, 6.45) is 4.29. The van der Waals surface area contributed by atoms with Crippen molar-refractivity contribution in [3.05, 3.63) is 34.9 Å². The molecule has 27 heavy (non-hydrogen) atoms. The fourth-order valence-corrected chi connectivity index (χ4v) is 4.22. The van der Waals surface area contributed by atoms with Crippen LogP contribution in [0.15, 0.2) is 24.3 Å². The number of imide groups is 1. The molecular formula is C20H26ClN3O3. The monoisotopic (exact) mass is 391 g/mol. The fraction of sp³-hybridized carbons (Fsp3) is 0.550. The second-order valence-electron chi connectivity index (χ2n) is 7.56. The van der Waals surface area contributed by atoms with Gasteiger partial charge >= 0.3 is 6.03 Å². The Kier molecular flexibility index (Phi) is 5.47. The Morgan fingerprint density at radius 3 is 2.37 bits per heavy atom. The van der Waals surface area contributed by atoms with Crippen molar-refractivity contribution in [1.82, 2.24) is 14.7 Å². The minimum Gasteiger partial charge on any atom is -0.337 e. The third-order valence-corrected chi connectivity index (χ3v) is 6.36. The normalized spacial score (nSPS) is 20.3. The molecule has 0 bridgehead atoms. The number of nitrogens with zero attached hydrogens (tertiary/aromatic N) is 3. The molecule has 0 N–H and O–H groups in total. The summed E-state index contributed by atoms with van der Waals surface area (Å²) in [7, 11) is 3.36. The van der Waals surface area contributed by atoms with Crippen LogP contribution in [-0.2, 0) is 9.59 Å². The average Bonchev–Trinajstić information content (AvgIpc) is 2.84. The van der Waals surface area contributed by atoms with Gasteiger partial charge in [0.05, 0.1) is 6.04 Å². The van der Waals surface area contributed by atoms with Crippen molar-refractivity contribution in [3.63, 3.8) is 0 Å². The zero-order valence-electron chi connectivity index (χ0n) is 16.1. The number of carbonyl (C=O) groups is 3. The Balaban J connectivity index is 1.72. The van der Waals surface area contributed by atoms with Crippen LogP contribution in [0, 0.1) is 0 Å². The second-order valence-corrected chi connectivity index (χ2v) is 7.99. The topological polar surface area (TPSA) is 60.9 Å². The number of likely N-dealkylation sites (N-methyl/N-ethyl adjacent to an activating group) is 2. The van der Waals surface area contributed by atoms with E-state index in [1.807, 2.05) is 19.1 Å². The largest absolute Gasteiger partial charge is 0.337 e. The molecule has 1 saturated heterocycles. The van der Waals surface area contributed by atoms with Gasteiger partial charge in [-0.05, 0) is 37.5 Å². The lowest BCUT2D eigenvalue weighted by atomic mass is 9.81.